The average Bonchev–Trinajstić information content (AvgIpc) is 1.36. The summed E-state index contributed by atoms with van der Waals surface area (Å²) in [7, 11) is 0. The second-order valence-electron chi connectivity index (χ2n) is 1.09. The second kappa shape index (κ2) is 2.10. The van der Waals surface area contributed by atoms with E-state index in [4.69, 9.17) is 10.2 Å². The fourth-order valence-corrected chi connectivity index (χ4v) is 0. The molecule has 0 amide bonds. The van der Waals surface area contributed by atoms with E-state index in [9.17, 15) is 4.39 Å². The number of hydrogen-bond donors (Lipinski definition) is 2. The van der Waals surface area contributed by atoms with Crippen molar-refractivity contribution < 1.29 is 14.6 Å². The van der Waals surface area contributed by atoms with E-state index < -0.39 is 12.5 Å². The van der Waals surface area contributed by atoms with Crippen LogP contribution in [-0.2, 0) is 0 Å². The van der Waals surface area contributed by atoms with Gasteiger partial charge < -0.3 is 10.2 Å². The summed E-state index contributed by atoms with van der Waals surface area (Å²) in [4.78, 5) is 0. The van der Waals surface area contributed by atoms with Crippen LogP contribution in [0.4, 0.5) is 4.39 Å². The van der Waals surface area contributed by atoms with Gasteiger partial charge in [0.15, 0.2) is 6.29 Å². The highest BCUT2D eigenvalue weighted by Crippen LogP contribution is 1.90. The first-order valence-electron chi connectivity index (χ1n) is 1.65. The van der Waals surface area contributed by atoms with E-state index in [1.165, 1.54) is 0 Å². The van der Waals surface area contributed by atoms with Crippen molar-refractivity contribution in [2.75, 3.05) is 0 Å². The minimum absolute atomic E-state index is 1.07. The molecule has 0 fully saturated rings. The molecule has 0 saturated carbocycles. The molecule has 2 N–H and O–H groups in total. The Kier molecular flexibility index (Phi) is 2.05. The van der Waals surface area contributed by atoms with Gasteiger partial charge >= 0.3 is 0 Å². The summed E-state index contributed by atoms with van der Waals surface area (Å²) < 4.78 is 11.3. The predicted molar refractivity (Wildman–Crippen MR) is 18.8 cm³/mol. The number of alkyl halides is 1. The Hall–Kier alpha value is -0.150. The van der Waals surface area contributed by atoms with E-state index in [0.29, 0.717) is 0 Å². The molecule has 0 aliphatic heterocycles. The molecule has 1 atom stereocenters. The molecule has 0 bridgehead atoms. The third-order valence-electron chi connectivity index (χ3n) is 0.411. The molecule has 0 heterocycles. The number of halogens is 1. The Balaban J connectivity index is 2.99. The third-order valence-corrected chi connectivity index (χ3v) is 0.411. The van der Waals surface area contributed by atoms with Crippen molar-refractivity contribution in [3.05, 3.63) is 0 Å². The summed E-state index contributed by atoms with van der Waals surface area (Å²) in [5.41, 5.74) is 0. The molecule has 2 nitrogen and oxygen atoms in total. The first-order chi connectivity index (χ1) is 2.64. The summed E-state index contributed by atoms with van der Waals surface area (Å²) in [5, 5.41) is 15.6. The van der Waals surface area contributed by atoms with Gasteiger partial charge in [-0.2, -0.15) is 0 Å². The van der Waals surface area contributed by atoms with Gasteiger partial charge in [-0.25, -0.2) is 4.39 Å². The molecule has 0 saturated heterocycles. The fraction of sp³-hybridized carbons (Fsp3) is 1.00. The van der Waals surface area contributed by atoms with E-state index in [1.807, 2.05) is 0 Å². The molecule has 1 unspecified atom stereocenters. The quantitative estimate of drug-likeness (QED) is 0.436. The van der Waals surface area contributed by atoms with Gasteiger partial charge in [0, 0.05) is 0 Å². The first kappa shape index (κ1) is 5.85. The Morgan fingerprint density at radius 1 is 1.50 bits per heavy atom. The fourth-order valence-electron chi connectivity index (χ4n) is 0. The maximum Gasteiger partial charge on any atom is 0.183 e. The number of rotatable bonds is 1. The van der Waals surface area contributed by atoms with Crippen LogP contribution in [0.3, 0.4) is 0 Å². The summed E-state index contributed by atoms with van der Waals surface area (Å²) in [6.45, 7) is 1.07. The van der Waals surface area contributed by atoms with Gasteiger partial charge in [-0.05, 0) is 6.92 Å². The van der Waals surface area contributed by atoms with Crippen LogP contribution >= 0.6 is 0 Å². The van der Waals surface area contributed by atoms with E-state index in [0.717, 1.165) is 6.92 Å². The number of hydrogen-bond acceptors (Lipinski definition) is 2. The zero-order valence-electron chi connectivity index (χ0n) is 3.43. The minimum Gasteiger partial charge on any atom is -0.366 e. The lowest BCUT2D eigenvalue weighted by molar-refractivity contribution is -0.0873. The van der Waals surface area contributed by atoms with Crippen LogP contribution in [0.1, 0.15) is 6.92 Å². The van der Waals surface area contributed by atoms with E-state index in [1.54, 1.807) is 0 Å². The number of aliphatic hydroxyl groups excluding tert-OH is 1. The zero-order valence-corrected chi connectivity index (χ0v) is 3.43. The second-order valence-corrected chi connectivity index (χ2v) is 1.09. The smallest absolute Gasteiger partial charge is 0.183 e. The van der Waals surface area contributed by atoms with Crippen molar-refractivity contribution in [2.24, 2.45) is 0 Å². The molecule has 38 valence electrons. The Morgan fingerprint density at radius 3 is 1.67 bits per heavy atom. The summed E-state index contributed by atoms with van der Waals surface area (Å²) >= 11 is 0. The molecule has 0 rings (SSSR count). The van der Waals surface area contributed by atoms with Crippen LogP contribution in [0.2, 0.25) is 0 Å². The molecule has 0 aromatic rings. The molecular formula is C3H7FO2. The van der Waals surface area contributed by atoms with Crippen LogP contribution in [0.15, 0.2) is 0 Å². The van der Waals surface area contributed by atoms with Crippen molar-refractivity contribution in [3.8, 4) is 0 Å². The lowest BCUT2D eigenvalue weighted by atomic mass is 10.4. The lowest BCUT2D eigenvalue weighted by Gasteiger charge is -1.99. The minimum atomic E-state index is -1.81. The standard InChI is InChI=1S/C3H7FO2/c1-2(4)3(5)6/h2-3,5-6H,1H3. The highest BCUT2D eigenvalue weighted by atomic mass is 19.1. The van der Waals surface area contributed by atoms with Gasteiger partial charge in [0.25, 0.3) is 0 Å². The molecule has 0 spiro atoms. The molecule has 0 aliphatic carbocycles. The van der Waals surface area contributed by atoms with E-state index in [-0.39, 0.29) is 0 Å². The largest absolute Gasteiger partial charge is 0.366 e. The van der Waals surface area contributed by atoms with Crippen LogP contribution in [0.5, 0.6) is 0 Å². The van der Waals surface area contributed by atoms with Crippen LogP contribution in [0.25, 0.3) is 0 Å². The predicted octanol–water partition coefficient (Wildman–Crippen LogP) is -0.345. The van der Waals surface area contributed by atoms with Gasteiger partial charge in [0.1, 0.15) is 6.17 Å². The molecule has 3 heteroatoms. The lowest BCUT2D eigenvalue weighted by Crippen LogP contribution is -2.16. The van der Waals surface area contributed by atoms with Crippen molar-refractivity contribution in [3.63, 3.8) is 0 Å². The van der Waals surface area contributed by atoms with Crippen molar-refractivity contribution >= 4 is 0 Å². The monoisotopic (exact) mass is 94.0 g/mol. The molecule has 0 aromatic heterocycles. The van der Waals surface area contributed by atoms with Crippen LogP contribution in [-0.4, -0.2) is 22.7 Å². The Bertz CT molecular complexity index is 29.8. The molecule has 0 aromatic carbocycles. The SMILES string of the molecule is CC(F)C(O)O. The maximum absolute atomic E-state index is 11.3. The van der Waals surface area contributed by atoms with Gasteiger partial charge in [-0.1, -0.05) is 0 Å². The Morgan fingerprint density at radius 2 is 1.67 bits per heavy atom. The molecule has 0 aliphatic rings. The van der Waals surface area contributed by atoms with Crippen LogP contribution < -0.4 is 0 Å². The van der Waals surface area contributed by atoms with Gasteiger partial charge in [0.05, 0.1) is 0 Å². The zero-order chi connectivity index (χ0) is 5.15. The number of aliphatic hydroxyl groups is 2. The Labute approximate surface area is 35.2 Å². The summed E-state index contributed by atoms with van der Waals surface area (Å²) in [5.74, 6) is 0. The third kappa shape index (κ3) is 2.11. The van der Waals surface area contributed by atoms with Crippen molar-refractivity contribution in [1.82, 2.24) is 0 Å². The first-order valence-corrected chi connectivity index (χ1v) is 1.65. The van der Waals surface area contributed by atoms with Gasteiger partial charge in [0.2, 0.25) is 0 Å². The summed E-state index contributed by atoms with van der Waals surface area (Å²) in [6.07, 6.45) is -3.35. The highest BCUT2D eigenvalue weighted by molar-refractivity contribution is 4.43. The van der Waals surface area contributed by atoms with Gasteiger partial charge in [-0.3, -0.25) is 0 Å². The highest BCUT2D eigenvalue weighted by Gasteiger charge is 2.04. The molecular weight excluding hydrogens is 87.0 g/mol. The summed E-state index contributed by atoms with van der Waals surface area (Å²) in [6, 6.07) is 0. The van der Waals surface area contributed by atoms with E-state index >= 15 is 0 Å². The van der Waals surface area contributed by atoms with Crippen LogP contribution in [0, 0.1) is 0 Å². The normalized spacial score (nSPS) is 15.5. The van der Waals surface area contributed by atoms with E-state index in [2.05, 4.69) is 0 Å². The molecule has 6 heavy (non-hydrogen) atoms. The topological polar surface area (TPSA) is 40.5 Å². The molecule has 0 radical (unpaired) electrons. The van der Waals surface area contributed by atoms with Crippen molar-refractivity contribution in [2.45, 2.75) is 19.4 Å². The van der Waals surface area contributed by atoms with Crippen molar-refractivity contribution in [1.29, 1.82) is 0 Å². The van der Waals surface area contributed by atoms with Gasteiger partial charge in [-0.15, -0.1) is 0 Å². The maximum atomic E-state index is 11.3. The average molecular weight is 94.1 g/mol.